The van der Waals surface area contributed by atoms with Crippen molar-refractivity contribution < 1.29 is 4.79 Å². The van der Waals surface area contributed by atoms with Crippen LogP contribution in [0, 0.1) is 22.7 Å². The zero-order valence-corrected chi connectivity index (χ0v) is 10.7. The summed E-state index contributed by atoms with van der Waals surface area (Å²) in [6, 6.07) is 6.00. The highest BCUT2D eigenvalue weighted by Gasteiger charge is 2.10. The Hall–Kier alpha value is -2.08. The van der Waals surface area contributed by atoms with Gasteiger partial charge in [0.15, 0.2) is 5.78 Å². The first-order chi connectivity index (χ1) is 8.49. The number of rotatable bonds is 3. The summed E-state index contributed by atoms with van der Waals surface area (Å²) in [7, 11) is 0. The van der Waals surface area contributed by atoms with E-state index < -0.39 is 0 Å². The summed E-state index contributed by atoms with van der Waals surface area (Å²) in [4.78, 5) is 11.2. The van der Waals surface area contributed by atoms with Gasteiger partial charge in [-0.1, -0.05) is 23.2 Å². The van der Waals surface area contributed by atoms with Gasteiger partial charge in [-0.2, -0.15) is 15.6 Å². The third-order valence-electron chi connectivity index (χ3n) is 1.94. The van der Waals surface area contributed by atoms with Crippen molar-refractivity contribution in [3.05, 3.63) is 27.7 Å². The fraction of sp³-hybridized carbons (Fsp3) is 0.0909. The van der Waals surface area contributed by atoms with Crippen LogP contribution in [0.3, 0.4) is 0 Å². The van der Waals surface area contributed by atoms with Crippen LogP contribution in [0.25, 0.3) is 0 Å². The molecule has 1 aromatic rings. The summed E-state index contributed by atoms with van der Waals surface area (Å²) < 4.78 is 0. The van der Waals surface area contributed by atoms with Crippen molar-refractivity contribution in [2.24, 2.45) is 5.10 Å². The van der Waals surface area contributed by atoms with E-state index in [0.717, 1.165) is 0 Å². The Morgan fingerprint density at radius 2 is 1.78 bits per heavy atom. The molecule has 0 atom stereocenters. The third-order valence-corrected chi connectivity index (χ3v) is 2.54. The Balaban J connectivity index is 3.14. The second-order valence-electron chi connectivity index (χ2n) is 3.17. The van der Waals surface area contributed by atoms with Crippen LogP contribution in [0.1, 0.15) is 17.3 Å². The first-order valence-corrected chi connectivity index (χ1v) is 5.39. The number of carbonyl (C=O) groups excluding carboxylic acids is 1. The van der Waals surface area contributed by atoms with Crippen LogP contribution in [0.2, 0.25) is 10.0 Å². The molecule has 18 heavy (non-hydrogen) atoms. The van der Waals surface area contributed by atoms with E-state index in [0.29, 0.717) is 5.56 Å². The molecule has 0 spiro atoms. The first kappa shape index (κ1) is 14.0. The molecule has 0 amide bonds. The molecule has 0 aliphatic rings. The zero-order chi connectivity index (χ0) is 13.7. The van der Waals surface area contributed by atoms with Gasteiger partial charge in [0.1, 0.15) is 12.1 Å². The third kappa shape index (κ3) is 3.21. The molecule has 1 rings (SSSR count). The van der Waals surface area contributed by atoms with Gasteiger partial charge < -0.3 is 0 Å². The summed E-state index contributed by atoms with van der Waals surface area (Å²) in [6.07, 6.45) is 0. The Bertz CT molecular complexity index is 571. The number of hydrazone groups is 1. The summed E-state index contributed by atoms with van der Waals surface area (Å²) in [5.74, 6) is -0.177. The number of hydrogen-bond acceptors (Lipinski definition) is 5. The van der Waals surface area contributed by atoms with E-state index in [9.17, 15) is 4.79 Å². The van der Waals surface area contributed by atoms with Crippen LogP contribution < -0.4 is 5.43 Å². The Kier molecular flexibility index (Phi) is 4.67. The van der Waals surface area contributed by atoms with Crippen molar-refractivity contribution in [1.29, 1.82) is 10.5 Å². The number of anilines is 1. The molecule has 0 aliphatic heterocycles. The average Bonchev–Trinajstić information content (AvgIpc) is 2.32. The maximum atomic E-state index is 11.2. The number of ketones is 1. The number of Topliss-reactive ketones (excluding diaryl/α,β-unsaturated/α-hetero) is 1. The number of hydrogen-bond donors (Lipinski definition) is 1. The number of nitriles is 2. The van der Waals surface area contributed by atoms with Crippen molar-refractivity contribution >= 4 is 40.4 Å². The molecule has 0 saturated heterocycles. The van der Waals surface area contributed by atoms with Crippen molar-refractivity contribution in [2.75, 3.05) is 5.43 Å². The maximum absolute atomic E-state index is 11.2. The van der Waals surface area contributed by atoms with E-state index in [2.05, 4.69) is 10.5 Å². The van der Waals surface area contributed by atoms with Crippen LogP contribution in [0.5, 0.6) is 0 Å². The summed E-state index contributed by atoms with van der Waals surface area (Å²) >= 11 is 11.8. The monoisotopic (exact) mass is 280 g/mol. The Morgan fingerprint density at radius 3 is 2.17 bits per heavy atom. The molecule has 0 heterocycles. The van der Waals surface area contributed by atoms with Gasteiger partial charge in [-0.05, 0) is 19.1 Å². The molecule has 0 aliphatic carbocycles. The standard InChI is InChI=1S/C11H6Cl2N4O/c1-6(18)7-2-9(12)11(10(13)3-7)17-16-8(4-14)5-15/h2-3,17H,1H3. The second-order valence-corrected chi connectivity index (χ2v) is 3.98. The topological polar surface area (TPSA) is 89.0 Å². The van der Waals surface area contributed by atoms with Gasteiger partial charge in [-0.15, -0.1) is 0 Å². The van der Waals surface area contributed by atoms with Crippen LogP contribution >= 0.6 is 23.2 Å². The summed E-state index contributed by atoms with van der Waals surface area (Å²) in [6.45, 7) is 1.39. The molecule has 1 aromatic carbocycles. The fourth-order valence-electron chi connectivity index (χ4n) is 1.07. The molecule has 0 radical (unpaired) electrons. The number of carbonyl (C=O) groups is 1. The minimum absolute atomic E-state index is 0.173. The summed E-state index contributed by atoms with van der Waals surface area (Å²) in [5.41, 5.74) is 2.64. The number of halogens is 2. The van der Waals surface area contributed by atoms with E-state index in [1.165, 1.54) is 19.1 Å². The van der Waals surface area contributed by atoms with Gasteiger partial charge in [0.05, 0.1) is 15.7 Å². The molecule has 0 saturated carbocycles. The zero-order valence-electron chi connectivity index (χ0n) is 9.16. The van der Waals surface area contributed by atoms with Gasteiger partial charge in [-0.3, -0.25) is 10.2 Å². The van der Waals surface area contributed by atoms with Crippen molar-refractivity contribution in [3.8, 4) is 12.1 Å². The van der Waals surface area contributed by atoms with E-state index in [1.54, 1.807) is 12.1 Å². The lowest BCUT2D eigenvalue weighted by Gasteiger charge is -2.07. The molecule has 0 unspecified atom stereocenters. The van der Waals surface area contributed by atoms with Gasteiger partial charge in [0.2, 0.25) is 5.71 Å². The minimum Gasteiger partial charge on any atom is -0.295 e. The molecular weight excluding hydrogens is 275 g/mol. The number of nitrogens with zero attached hydrogens (tertiary/aromatic N) is 3. The van der Waals surface area contributed by atoms with Gasteiger partial charge >= 0.3 is 0 Å². The van der Waals surface area contributed by atoms with Crippen molar-refractivity contribution in [3.63, 3.8) is 0 Å². The van der Waals surface area contributed by atoms with E-state index in [-0.39, 0.29) is 27.2 Å². The Labute approximate surface area is 113 Å². The first-order valence-electron chi connectivity index (χ1n) is 4.63. The lowest BCUT2D eigenvalue weighted by Crippen LogP contribution is -1.99. The molecule has 0 aromatic heterocycles. The van der Waals surface area contributed by atoms with E-state index in [1.807, 2.05) is 0 Å². The maximum Gasteiger partial charge on any atom is 0.237 e. The minimum atomic E-state index is -0.363. The van der Waals surface area contributed by atoms with Gasteiger partial charge in [-0.25, -0.2) is 0 Å². The molecule has 90 valence electrons. The largest absolute Gasteiger partial charge is 0.295 e. The van der Waals surface area contributed by atoms with Crippen molar-refractivity contribution in [2.45, 2.75) is 6.92 Å². The van der Waals surface area contributed by atoms with Crippen LogP contribution in [-0.2, 0) is 0 Å². The van der Waals surface area contributed by atoms with Crippen LogP contribution in [0.15, 0.2) is 17.2 Å². The van der Waals surface area contributed by atoms with E-state index in [4.69, 9.17) is 33.7 Å². The molecular formula is C11H6Cl2N4O. The fourth-order valence-corrected chi connectivity index (χ4v) is 1.64. The predicted molar refractivity (Wildman–Crippen MR) is 68.8 cm³/mol. The summed E-state index contributed by atoms with van der Waals surface area (Å²) in [5, 5.41) is 20.9. The van der Waals surface area contributed by atoms with E-state index >= 15 is 0 Å². The smallest absolute Gasteiger partial charge is 0.237 e. The molecule has 0 fully saturated rings. The predicted octanol–water partition coefficient (Wildman–Crippen LogP) is 3.01. The number of nitrogens with one attached hydrogen (secondary N) is 1. The molecule has 7 heteroatoms. The molecule has 5 nitrogen and oxygen atoms in total. The quantitative estimate of drug-likeness (QED) is 0.524. The van der Waals surface area contributed by atoms with Crippen LogP contribution in [0.4, 0.5) is 5.69 Å². The highest BCUT2D eigenvalue weighted by molar-refractivity contribution is 6.39. The van der Waals surface area contributed by atoms with Gasteiger partial charge in [0.25, 0.3) is 0 Å². The van der Waals surface area contributed by atoms with Crippen LogP contribution in [-0.4, -0.2) is 11.5 Å². The second kappa shape index (κ2) is 6.02. The normalized spacial score (nSPS) is 8.94. The van der Waals surface area contributed by atoms with Gasteiger partial charge in [0, 0.05) is 5.56 Å². The number of benzene rings is 1. The lowest BCUT2D eigenvalue weighted by atomic mass is 10.1. The molecule has 0 bridgehead atoms. The Morgan fingerprint density at radius 1 is 1.28 bits per heavy atom. The highest BCUT2D eigenvalue weighted by atomic mass is 35.5. The van der Waals surface area contributed by atoms with Crippen molar-refractivity contribution in [1.82, 2.24) is 0 Å². The average molecular weight is 281 g/mol. The lowest BCUT2D eigenvalue weighted by molar-refractivity contribution is 0.101. The SMILES string of the molecule is CC(=O)c1cc(Cl)c(NN=C(C#N)C#N)c(Cl)c1. The molecule has 1 N–H and O–H groups in total. The highest BCUT2D eigenvalue weighted by Crippen LogP contribution is 2.32.